The van der Waals surface area contributed by atoms with E-state index in [0.29, 0.717) is 12.8 Å². The van der Waals surface area contributed by atoms with Crippen molar-refractivity contribution in [1.29, 1.82) is 0 Å². The van der Waals surface area contributed by atoms with Crippen molar-refractivity contribution in [3.63, 3.8) is 0 Å². The number of esters is 1. The van der Waals surface area contributed by atoms with Crippen molar-refractivity contribution in [3.8, 4) is 0 Å². The van der Waals surface area contributed by atoms with Gasteiger partial charge in [-0.25, -0.2) is 4.79 Å². The molecule has 1 N–H and O–H groups in total. The van der Waals surface area contributed by atoms with Crippen LogP contribution in [-0.4, -0.2) is 63.6 Å². The molecule has 0 fully saturated rings. The Morgan fingerprint density at radius 3 is 2.38 bits per heavy atom. The van der Waals surface area contributed by atoms with E-state index in [0.717, 1.165) is 6.26 Å². The Balaban J connectivity index is 3.59. The van der Waals surface area contributed by atoms with Gasteiger partial charge in [0.25, 0.3) is 10.1 Å². The van der Waals surface area contributed by atoms with E-state index in [1.54, 1.807) is 6.92 Å². The minimum Gasteiger partial charge on any atom is -0.463 e. The normalized spacial score (nSPS) is 24.4. The third kappa shape index (κ3) is 7.32. The molecule has 0 spiro atoms. The van der Waals surface area contributed by atoms with Gasteiger partial charge in [-0.05, 0) is 31.4 Å². The van der Waals surface area contributed by atoms with Crippen molar-refractivity contribution >= 4 is 22.0 Å². The van der Waals surface area contributed by atoms with Crippen LogP contribution in [0.2, 0.25) is 0 Å². The van der Waals surface area contributed by atoms with E-state index in [4.69, 9.17) is 19.2 Å². The summed E-state index contributed by atoms with van der Waals surface area (Å²) in [5.41, 5.74) is 8.89. The molecule has 0 aromatic rings. The van der Waals surface area contributed by atoms with E-state index in [1.807, 2.05) is 13.8 Å². The Bertz CT molecular complexity index is 773. The summed E-state index contributed by atoms with van der Waals surface area (Å²) in [4.78, 5) is 27.0. The smallest absolute Gasteiger partial charge is 0.336 e. The maximum Gasteiger partial charge on any atom is 0.336 e. The standard InChI is InChI=1S/C17H28N4O7S/c1-6-11(7-2)27-13-9-12(17(23)26-8-3)16(28-29(5,24)25)15(20-21-18)14(13)19-10(4)22/h9,11,13-16H,6-8H2,1-5H3,(H,19,22)/t13-,14+,15-,16-/m1/s1. The van der Waals surface area contributed by atoms with E-state index in [1.165, 1.54) is 13.0 Å². The summed E-state index contributed by atoms with van der Waals surface area (Å²) >= 11 is 0. The molecule has 29 heavy (non-hydrogen) atoms. The van der Waals surface area contributed by atoms with Gasteiger partial charge in [0.05, 0.1) is 42.7 Å². The van der Waals surface area contributed by atoms with Gasteiger partial charge in [-0.2, -0.15) is 8.42 Å². The van der Waals surface area contributed by atoms with Crippen LogP contribution in [0.15, 0.2) is 16.8 Å². The largest absolute Gasteiger partial charge is 0.463 e. The van der Waals surface area contributed by atoms with Crippen molar-refractivity contribution < 1.29 is 31.7 Å². The number of nitrogens with one attached hydrogen (secondary N) is 1. The topological polar surface area (TPSA) is 157 Å². The molecule has 0 unspecified atom stereocenters. The molecule has 164 valence electrons. The average Bonchev–Trinajstić information content (AvgIpc) is 2.62. The quantitative estimate of drug-likeness (QED) is 0.180. The Morgan fingerprint density at radius 1 is 1.31 bits per heavy atom. The Morgan fingerprint density at radius 2 is 1.93 bits per heavy atom. The van der Waals surface area contributed by atoms with Crippen LogP contribution in [0, 0.1) is 0 Å². The van der Waals surface area contributed by atoms with E-state index in [-0.39, 0.29) is 18.3 Å². The SMILES string of the molecule is CCOC(=O)C1=C[C@@H](OC(CC)CC)[C@H](NC(C)=O)[C@@H](N=[N+]=[N-])[C@@H]1OS(C)(=O)=O. The van der Waals surface area contributed by atoms with Crippen molar-refractivity contribution in [1.82, 2.24) is 5.32 Å². The van der Waals surface area contributed by atoms with Gasteiger partial charge in [0, 0.05) is 11.8 Å². The Labute approximate surface area is 170 Å². The van der Waals surface area contributed by atoms with E-state index < -0.39 is 46.3 Å². The summed E-state index contributed by atoms with van der Waals surface area (Å²) in [5.74, 6) is -1.27. The van der Waals surface area contributed by atoms with Crippen LogP contribution in [0.1, 0.15) is 40.5 Å². The number of carbonyl (C=O) groups excluding carboxylic acids is 2. The molecule has 4 atom stereocenters. The highest BCUT2D eigenvalue weighted by Gasteiger charge is 2.46. The first-order valence-corrected chi connectivity index (χ1v) is 11.1. The summed E-state index contributed by atoms with van der Waals surface area (Å²) in [6.07, 6.45) is 0.973. The number of azide groups is 1. The second kappa shape index (κ2) is 11.1. The molecule has 0 aromatic carbocycles. The molecule has 0 bridgehead atoms. The monoisotopic (exact) mass is 432 g/mol. The third-order valence-electron chi connectivity index (χ3n) is 4.29. The maximum atomic E-state index is 12.5. The molecule has 1 aliphatic carbocycles. The summed E-state index contributed by atoms with van der Waals surface area (Å²) < 4.78 is 39.7. The van der Waals surface area contributed by atoms with Crippen LogP contribution < -0.4 is 5.32 Å². The molecule has 1 aliphatic rings. The van der Waals surface area contributed by atoms with Crippen LogP contribution in [0.3, 0.4) is 0 Å². The predicted octanol–water partition coefficient (Wildman–Crippen LogP) is 1.59. The van der Waals surface area contributed by atoms with Gasteiger partial charge in [0.1, 0.15) is 6.10 Å². The molecule has 0 aromatic heterocycles. The number of nitrogens with zero attached hydrogens (tertiary/aromatic N) is 3. The lowest BCUT2D eigenvalue weighted by Crippen LogP contribution is -2.59. The highest BCUT2D eigenvalue weighted by Crippen LogP contribution is 2.30. The Hall–Kier alpha value is -2.14. The highest BCUT2D eigenvalue weighted by atomic mass is 32.2. The summed E-state index contributed by atoms with van der Waals surface area (Å²) in [6, 6.07) is -2.21. The first-order valence-electron chi connectivity index (χ1n) is 9.31. The molecular formula is C17H28N4O7S. The molecule has 0 saturated heterocycles. The second-order valence-electron chi connectivity index (χ2n) is 6.52. The average molecular weight is 432 g/mol. The summed E-state index contributed by atoms with van der Waals surface area (Å²) in [6.45, 7) is 6.73. The van der Waals surface area contributed by atoms with E-state index >= 15 is 0 Å². The van der Waals surface area contributed by atoms with Crippen LogP contribution in [0.25, 0.3) is 10.4 Å². The lowest BCUT2D eigenvalue weighted by molar-refractivity contribution is -0.140. The molecule has 0 radical (unpaired) electrons. The molecule has 12 heteroatoms. The molecule has 0 aliphatic heterocycles. The fourth-order valence-corrected chi connectivity index (χ4v) is 3.65. The molecule has 0 heterocycles. The highest BCUT2D eigenvalue weighted by molar-refractivity contribution is 7.86. The Kier molecular flexibility index (Phi) is 9.57. The number of hydrogen-bond donors (Lipinski definition) is 1. The minimum atomic E-state index is -4.04. The number of amides is 1. The summed E-state index contributed by atoms with van der Waals surface area (Å²) in [5, 5.41) is 6.26. The zero-order valence-corrected chi connectivity index (χ0v) is 18.0. The number of rotatable bonds is 10. The first-order chi connectivity index (χ1) is 13.6. The van der Waals surface area contributed by atoms with Crippen LogP contribution in [0.4, 0.5) is 0 Å². The molecule has 0 saturated carbocycles. The summed E-state index contributed by atoms with van der Waals surface area (Å²) in [7, 11) is -4.04. The van der Waals surface area contributed by atoms with Gasteiger partial charge in [0.2, 0.25) is 5.91 Å². The van der Waals surface area contributed by atoms with Crippen molar-refractivity contribution in [2.75, 3.05) is 12.9 Å². The molecule has 1 amide bonds. The van der Waals surface area contributed by atoms with E-state index in [2.05, 4.69) is 15.3 Å². The number of carbonyl (C=O) groups is 2. The van der Waals surface area contributed by atoms with Crippen molar-refractivity contribution in [3.05, 3.63) is 22.1 Å². The van der Waals surface area contributed by atoms with Gasteiger partial charge in [-0.15, -0.1) is 0 Å². The van der Waals surface area contributed by atoms with Crippen LogP contribution in [0.5, 0.6) is 0 Å². The van der Waals surface area contributed by atoms with Crippen molar-refractivity contribution in [2.45, 2.75) is 70.9 Å². The molecule has 1 rings (SSSR count). The van der Waals surface area contributed by atoms with Gasteiger partial charge in [0.15, 0.2) is 0 Å². The fourth-order valence-electron chi connectivity index (χ4n) is 3.06. The van der Waals surface area contributed by atoms with E-state index in [9.17, 15) is 18.0 Å². The molecular weight excluding hydrogens is 404 g/mol. The lowest BCUT2D eigenvalue weighted by atomic mass is 9.85. The van der Waals surface area contributed by atoms with Crippen LogP contribution in [-0.2, 0) is 33.4 Å². The predicted molar refractivity (Wildman–Crippen MR) is 104 cm³/mol. The lowest BCUT2D eigenvalue weighted by Gasteiger charge is -2.40. The zero-order chi connectivity index (χ0) is 22.2. The van der Waals surface area contributed by atoms with Crippen molar-refractivity contribution in [2.24, 2.45) is 5.11 Å². The zero-order valence-electron chi connectivity index (χ0n) is 17.2. The third-order valence-corrected chi connectivity index (χ3v) is 4.84. The molecule has 11 nitrogen and oxygen atoms in total. The number of ether oxygens (including phenoxy) is 2. The second-order valence-corrected chi connectivity index (χ2v) is 8.13. The van der Waals surface area contributed by atoms with Gasteiger partial charge < -0.3 is 14.8 Å². The van der Waals surface area contributed by atoms with Gasteiger partial charge in [-0.1, -0.05) is 19.0 Å². The van der Waals surface area contributed by atoms with Crippen LogP contribution >= 0.6 is 0 Å². The van der Waals surface area contributed by atoms with Gasteiger partial charge >= 0.3 is 5.97 Å². The maximum absolute atomic E-state index is 12.5. The minimum absolute atomic E-state index is 0.0428. The first kappa shape index (κ1) is 24.9. The number of hydrogen-bond acceptors (Lipinski definition) is 8. The van der Waals surface area contributed by atoms with Gasteiger partial charge in [-0.3, -0.25) is 8.98 Å². The fraction of sp³-hybridized carbons (Fsp3) is 0.765.